The van der Waals surface area contributed by atoms with Crippen molar-refractivity contribution < 1.29 is 23.1 Å². The Kier molecular flexibility index (Phi) is 8.13. The van der Waals surface area contributed by atoms with Crippen molar-refractivity contribution in [2.24, 2.45) is 4.99 Å². The predicted molar refractivity (Wildman–Crippen MR) is 87.0 cm³/mol. The molecule has 1 aromatic rings. The van der Waals surface area contributed by atoms with Crippen LogP contribution in [-0.2, 0) is 0 Å². The van der Waals surface area contributed by atoms with E-state index in [1.54, 1.807) is 0 Å². The molecule has 1 aliphatic heterocycles. The number of anilines is 1. The molecular formula is C14H17F3N4O2S. The van der Waals surface area contributed by atoms with Gasteiger partial charge in [-0.15, -0.1) is 0 Å². The summed E-state index contributed by atoms with van der Waals surface area (Å²) in [5, 5.41) is 14.0. The highest BCUT2D eigenvalue weighted by molar-refractivity contribution is 7.10. The van der Waals surface area contributed by atoms with Crippen molar-refractivity contribution in [3.05, 3.63) is 35.1 Å². The van der Waals surface area contributed by atoms with Crippen molar-refractivity contribution in [2.45, 2.75) is 26.7 Å². The maximum Gasteiger partial charge on any atom is 0.324 e. The Balaban J connectivity index is 0.00000139. The number of hydrogen-bond acceptors (Lipinski definition) is 5. The van der Waals surface area contributed by atoms with E-state index < -0.39 is 24.1 Å². The Labute approximate surface area is 141 Å². The Morgan fingerprint density at radius 1 is 1.42 bits per heavy atom. The minimum Gasteiger partial charge on any atom is -0.392 e. The van der Waals surface area contributed by atoms with E-state index in [1.807, 2.05) is 13.8 Å². The number of aliphatic hydroxyl groups excluding tert-OH is 1. The molecule has 2 amide bonds. The SMILES string of the molecule is CC.O=C(NC1=C(CO)CC=NC(F)=C1)Nc1cc(C(F)F)ns1. The van der Waals surface area contributed by atoms with Crippen LogP contribution in [0.3, 0.4) is 0 Å². The first kappa shape index (κ1) is 19.8. The lowest BCUT2D eigenvalue weighted by molar-refractivity contribution is 0.147. The smallest absolute Gasteiger partial charge is 0.324 e. The molecule has 132 valence electrons. The maximum atomic E-state index is 13.3. The Hall–Kier alpha value is -2.20. The quantitative estimate of drug-likeness (QED) is 0.713. The minimum absolute atomic E-state index is 0.0635. The van der Waals surface area contributed by atoms with Gasteiger partial charge in [0, 0.05) is 30.5 Å². The van der Waals surface area contributed by atoms with Gasteiger partial charge >= 0.3 is 6.03 Å². The summed E-state index contributed by atoms with van der Waals surface area (Å²) in [5.41, 5.74) is -0.0120. The van der Waals surface area contributed by atoms with Gasteiger partial charge in [0.2, 0.25) is 5.95 Å². The molecule has 0 bridgehead atoms. The largest absolute Gasteiger partial charge is 0.392 e. The fraction of sp³-hybridized carbons (Fsp3) is 0.357. The number of hydrogen-bond donors (Lipinski definition) is 3. The number of carbonyl (C=O) groups is 1. The average Bonchev–Trinajstić information content (AvgIpc) is 2.94. The molecule has 1 aliphatic rings. The van der Waals surface area contributed by atoms with Crippen LogP contribution in [0, 0.1) is 0 Å². The number of aliphatic hydroxyl groups is 1. The number of rotatable bonds is 4. The first-order chi connectivity index (χ1) is 11.5. The fourth-order valence-electron chi connectivity index (χ4n) is 1.60. The third-order valence-corrected chi connectivity index (χ3v) is 3.34. The number of nitrogens with one attached hydrogen (secondary N) is 2. The van der Waals surface area contributed by atoms with Gasteiger partial charge in [-0.05, 0) is 17.1 Å². The van der Waals surface area contributed by atoms with Crippen LogP contribution >= 0.6 is 11.5 Å². The van der Waals surface area contributed by atoms with Crippen LogP contribution in [-0.4, -0.2) is 28.3 Å². The monoisotopic (exact) mass is 362 g/mol. The van der Waals surface area contributed by atoms with E-state index in [0.717, 1.165) is 12.1 Å². The number of alkyl halides is 2. The molecule has 2 rings (SSSR count). The highest BCUT2D eigenvalue weighted by Crippen LogP contribution is 2.24. The summed E-state index contributed by atoms with van der Waals surface area (Å²) < 4.78 is 41.5. The zero-order valence-electron chi connectivity index (χ0n) is 13.0. The maximum absolute atomic E-state index is 13.3. The van der Waals surface area contributed by atoms with Gasteiger partial charge in [0.1, 0.15) is 10.7 Å². The van der Waals surface area contributed by atoms with Crippen molar-refractivity contribution >= 4 is 28.8 Å². The summed E-state index contributed by atoms with van der Waals surface area (Å²) in [6.07, 6.45) is -0.324. The highest BCUT2D eigenvalue weighted by atomic mass is 32.1. The minimum atomic E-state index is -2.73. The van der Waals surface area contributed by atoms with Gasteiger partial charge in [-0.25, -0.2) is 18.6 Å². The van der Waals surface area contributed by atoms with E-state index in [4.69, 9.17) is 0 Å². The molecule has 24 heavy (non-hydrogen) atoms. The number of carbonyl (C=O) groups excluding carboxylic acids is 1. The topological polar surface area (TPSA) is 86.6 Å². The number of aliphatic imine (C=N–C) groups is 1. The number of nitrogens with zero attached hydrogens (tertiary/aromatic N) is 2. The molecule has 2 heterocycles. The molecule has 0 aromatic carbocycles. The lowest BCUT2D eigenvalue weighted by atomic mass is 10.1. The van der Waals surface area contributed by atoms with Gasteiger partial charge in [-0.1, -0.05) is 13.8 Å². The molecule has 10 heteroatoms. The van der Waals surface area contributed by atoms with Crippen molar-refractivity contribution in [3.8, 4) is 0 Å². The van der Waals surface area contributed by atoms with E-state index in [0.29, 0.717) is 17.1 Å². The molecule has 0 radical (unpaired) electrons. The second-order valence-corrected chi connectivity index (χ2v) is 4.96. The zero-order valence-corrected chi connectivity index (χ0v) is 13.8. The molecule has 0 unspecified atom stereocenters. The summed E-state index contributed by atoms with van der Waals surface area (Å²) in [4.78, 5) is 15.2. The summed E-state index contributed by atoms with van der Waals surface area (Å²) >= 11 is 0.698. The van der Waals surface area contributed by atoms with Crippen LogP contribution in [0.15, 0.2) is 34.4 Å². The predicted octanol–water partition coefficient (Wildman–Crippen LogP) is 3.76. The van der Waals surface area contributed by atoms with Crippen LogP contribution in [0.5, 0.6) is 0 Å². The molecule has 0 saturated carbocycles. The second-order valence-electron chi connectivity index (χ2n) is 4.15. The van der Waals surface area contributed by atoms with Crippen molar-refractivity contribution in [3.63, 3.8) is 0 Å². The van der Waals surface area contributed by atoms with E-state index in [9.17, 15) is 23.1 Å². The third kappa shape index (κ3) is 5.78. The normalized spacial score (nSPS) is 13.9. The van der Waals surface area contributed by atoms with Crippen LogP contribution < -0.4 is 10.6 Å². The van der Waals surface area contributed by atoms with Crippen molar-refractivity contribution in [1.29, 1.82) is 0 Å². The summed E-state index contributed by atoms with van der Waals surface area (Å²) in [6.45, 7) is 3.61. The van der Waals surface area contributed by atoms with Crippen LogP contribution in [0.4, 0.5) is 23.0 Å². The Morgan fingerprint density at radius 2 is 2.12 bits per heavy atom. The highest BCUT2D eigenvalue weighted by Gasteiger charge is 2.15. The molecular weight excluding hydrogens is 345 g/mol. The lowest BCUT2D eigenvalue weighted by Crippen LogP contribution is -2.28. The van der Waals surface area contributed by atoms with Gasteiger partial charge < -0.3 is 10.4 Å². The molecule has 0 fully saturated rings. The summed E-state index contributed by atoms with van der Waals surface area (Å²) in [7, 11) is 0. The Morgan fingerprint density at radius 3 is 2.71 bits per heavy atom. The second kappa shape index (κ2) is 9.83. The summed E-state index contributed by atoms with van der Waals surface area (Å²) in [5.74, 6) is -0.823. The lowest BCUT2D eigenvalue weighted by Gasteiger charge is -2.10. The van der Waals surface area contributed by atoms with E-state index in [2.05, 4.69) is 20.0 Å². The van der Waals surface area contributed by atoms with Crippen LogP contribution in [0.25, 0.3) is 0 Å². The number of urea groups is 1. The number of allylic oxidation sites excluding steroid dienone is 1. The molecule has 0 spiro atoms. The summed E-state index contributed by atoms with van der Waals surface area (Å²) in [6, 6.07) is 0.277. The van der Waals surface area contributed by atoms with Gasteiger partial charge in [-0.2, -0.15) is 8.76 Å². The zero-order chi connectivity index (χ0) is 18.1. The van der Waals surface area contributed by atoms with Gasteiger partial charge in [0.15, 0.2) is 0 Å². The average molecular weight is 362 g/mol. The third-order valence-electron chi connectivity index (χ3n) is 2.62. The molecule has 0 saturated heterocycles. The van der Waals surface area contributed by atoms with E-state index in [1.165, 1.54) is 6.21 Å². The first-order valence-electron chi connectivity index (χ1n) is 7.05. The number of aromatic nitrogens is 1. The van der Waals surface area contributed by atoms with Crippen molar-refractivity contribution in [1.82, 2.24) is 9.69 Å². The van der Waals surface area contributed by atoms with Crippen LogP contribution in [0.1, 0.15) is 32.4 Å². The van der Waals surface area contributed by atoms with E-state index in [-0.39, 0.29) is 23.7 Å². The van der Waals surface area contributed by atoms with Crippen LogP contribution in [0.2, 0.25) is 0 Å². The van der Waals surface area contributed by atoms with Gasteiger partial charge in [0.25, 0.3) is 6.43 Å². The Bertz CT molecular complexity index is 656. The molecule has 0 atom stereocenters. The van der Waals surface area contributed by atoms with Crippen molar-refractivity contribution in [2.75, 3.05) is 11.9 Å². The molecule has 6 nitrogen and oxygen atoms in total. The van der Waals surface area contributed by atoms with Gasteiger partial charge in [0.05, 0.1) is 6.61 Å². The first-order valence-corrected chi connectivity index (χ1v) is 7.82. The number of amides is 2. The standard InChI is InChI=1S/C12H11F3N4O2S.C2H6/c13-9-3-7(6(5-20)1-2-16-9)17-12(21)18-10-4-8(11(14)15)19-22-10;1-2/h2-4,11,20H,1,5H2,(H2,17,18,21);1-2H3. The fourth-order valence-corrected chi connectivity index (χ4v) is 2.25. The van der Waals surface area contributed by atoms with E-state index >= 15 is 0 Å². The number of halogens is 3. The molecule has 0 aliphatic carbocycles. The molecule has 3 N–H and O–H groups in total. The van der Waals surface area contributed by atoms with Gasteiger partial charge in [-0.3, -0.25) is 5.32 Å². The molecule has 1 aromatic heterocycles.